The number of fused-ring (bicyclic) bond motifs is 6. The van der Waals surface area contributed by atoms with Crippen LogP contribution in [-0.2, 0) is 34.3 Å². The quantitative estimate of drug-likeness (QED) is 0.133. The minimum Gasteiger partial charge on any atom is -0.369 e. The Balaban J connectivity index is 1.12. The van der Waals surface area contributed by atoms with Gasteiger partial charge in [0.05, 0.1) is 57.8 Å². The summed E-state index contributed by atoms with van der Waals surface area (Å²) in [6.45, 7) is 10.5. The third-order valence-corrected chi connectivity index (χ3v) is 17.9. The zero-order valence-corrected chi connectivity index (χ0v) is 30.2. The first kappa shape index (κ1) is 31.1. The Morgan fingerprint density at radius 2 is 1.49 bits per heavy atom. The molecule has 7 rings (SSSR count). The number of nitriles is 1. The van der Waals surface area contributed by atoms with Gasteiger partial charge in [-0.05, 0) is 69.3 Å². The van der Waals surface area contributed by atoms with Crippen LogP contribution in [0.5, 0.6) is 0 Å². The Morgan fingerprint density at radius 1 is 0.800 bits per heavy atom. The van der Waals surface area contributed by atoms with Gasteiger partial charge in [-0.3, -0.25) is 4.68 Å². The van der Waals surface area contributed by atoms with Gasteiger partial charge in [-0.2, -0.15) is 5.26 Å². The van der Waals surface area contributed by atoms with Crippen molar-refractivity contribution in [2.75, 3.05) is 6.54 Å². The minimum absolute atomic E-state index is 0.327. The van der Waals surface area contributed by atoms with Gasteiger partial charge in [-0.1, -0.05) is 18.1 Å². The van der Waals surface area contributed by atoms with E-state index in [0.29, 0.717) is 33.4 Å². The van der Waals surface area contributed by atoms with E-state index in [1.54, 1.807) is 40.9 Å². The molecule has 8 nitrogen and oxygen atoms in total. The molecular formula is C31H31N5O3S6. The zero-order valence-electron chi connectivity index (χ0n) is 25.3. The second kappa shape index (κ2) is 12.0. The Kier molecular flexibility index (Phi) is 8.27. The van der Waals surface area contributed by atoms with Gasteiger partial charge in [0.25, 0.3) is 0 Å². The van der Waals surface area contributed by atoms with Gasteiger partial charge < -0.3 is 10.5 Å². The maximum absolute atomic E-state index is 13.7. The molecule has 0 radical (unpaired) electrons. The molecule has 0 fully saturated rings. The van der Waals surface area contributed by atoms with Gasteiger partial charge in [-0.25, -0.2) is 8.42 Å². The predicted molar refractivity (Wildman–Crippen MR) is 187 cm³/mol. The van der Waals surface area contributed by atoms with Crippen molar-refractivity contribution in [3.8, 4) is 25.6 Å². The van der Waals surface area contributed by atoms with Crippen LogP contribution in [0.2, 0.25) is 0 Å². The molecule has 7 heterocycles. The Hall–Kier alpha value is -2.48. The molecule has 6 aromatic heterocycles. The Bertz CT molecular complexity index is 2250. The van der Waals surface area contributed by atoms with Gasteiger partial charge in [-0.15, -0.1) is 61.8 Å². The first-order valence-electron chi connectivity index (χ1n) is 14.7. The Labute approximate surface area is 281 Å². The van der Waals surface area contributed by atoms with Gasteiger partial charge in [0.15, 0.2) is 0 Å². The molecule has 0 aromatic carbocycles. The number of hydrogen-bond donors (Lipinski definition) is 1. The molecule has 45 heavy (non-hydrogen) atoms. The van der Waals surface area contributed by atoms with Crippen LogP contribution in [0.25, 0.3) is 38.3 Å². The zero-order chi connectivity index (χ0) is 31.6. The highest BCUT2D eigenvalue weighted by Crippen LogP contribution is 2.59. The summed E-state index contributed by atoms with van der Waals surface area (Å²) >= 11 is 8.19. The molecule has 1 aliphatic heterocycles. The van der Waals surface area contributed by atoms with Crippen molar-refractivity contribution in [3.63, 3.8) is 0 Å². The van der Waals surface area contributed by atoms with E-state index < -0.39 is 9.84 Å². The topological polar surface area (TPSA) is 124 Å². The molecule has 0 saturated carbocycles. The number of nitrogens with two attached hydrogens (primary N) is 1. The number of unbranched alkanes of at least 4 members (excludes halogenated alkanes) is 3. The van der Waals surface area contributed by atoms with Crippen LogP contribution in [-0.4, -0.2) is 30.0 Å². The van der Waals surface area contributed by atoms with E-state index in [-0.39, 0.29) is 0 Å². The highest BCUT2D eigenvalue weighted by Gasteiger charge is 2.42. The summed E-state index contributed by atoms with van der Waals surface area (Å²) in [4.78, 5) is 6.08. The molecule has 0 aliphatic carbocycles. The summed E-state index contributed by atoms with van der Waals surface area (Å²) in [5.41, 5.74) is 10.2. The minimum atomic E-state index is -3.65. The fraction of sp³-hybridized carbons (Fsp3) is 0.387. The number of aryl methyl sites for hydroxylation is 3. The number of sulfone groups is 1. The van der Waals surface area contributed by atoms with Gasteiger partial charge in [0.1, 0.15) is 16.6 Å². The number of thiophene rings is 5. The fourth-order valence-corrected chi connectivity index (χ4v) is 16.0. The summed E-state index contributed by atoms with van der Waals surface area (Å²) in [5, 5.41) is 18.1. The normalized spacial score (nSPS) is 13.7. The predicted octanol–water partition coefficient (Wildman–Crippen LogP) is 8.71. The molecule has 0 atom stereocenters. The summed E-state index contributed by atoms with van der Waals surface area (Å²) in [6, 6.07) is 2.17. The van der Waals surface area contributed by atoms with Gasteiger partial charge >= 0.3 is 0 Å². The second-order valence-electron chi connectivity index (χ2n) is 11.3. The summed E-state index contributed by atoms with van der Waals surface area (Å²) < 4.78 is 40.4. The van der Waals surface area contributed by atoms with Crippen LogP contribution in [0.1, 0.15) is 63.4 Å². The molecule has 2 N–H and O–H groups in total. The highest BCUT2D eigenvalue weighted by molar-refractivity contribution is 7.92. The molecule has 14 heteroatoms. The largest absolute Gasteiger partial charge is 0.369 e. The second-order valence-corrected chi connectivity index (χ2v) is 18.3. The SMILES string of the molecule is Cc1c(C#N)sc2c1S(=O)(=O)c1c-2sc(-c2sc3c(sc4c(C)c(COCc5cn(CCCCCCN)nn5)sc43)c2C)c1C. The summed E-state index contributed by atoms with van der Waals surface area (Å²) in [7, 11) is -3.65. The number of aromatic nitrogens is 3. The molecule has 1 aliphatic rings. The van der Waals surface area contributed by atoms with Crippen LogP contribution >= 0.6 is 56.7 Å². The smallest absolute Gasteiger partial charge is 0.210 e. The number of nitrogens with zero attached hydrogens (tertiary/aromatic N) is 4. The fourth-order valence-electron chi connectivity index (χ4n) is 5.94. The number of ether oxygens (including phenoxy) is 1. The molecule has 6 aromatic rings. The molecule has 0 unspecified atom stereocenters. The van der Waals surface area contributed by atoms with Gasteiger partial charge in [0, 0.05) is 21.2 Å². The first-order valence-corrected chi connectivity index (χ1v) is 20.3. The average Bonchev–Trinajstić information content (AvgIpc) is 3.85. The van der Waals surface area contributed by atoms with Crippen molar-refractivity contribution in [1.29, 1.82) is 5.26 Å². The van der Waals surface area contributed by atoms with E-state index in [1.165, 1.54) is 46.1 Å². The molecule has 234 valence electrons. The summed E-state index contributed by atoms with van der Waals surface area (Å²) in [6.07, 6.45) is 6.41. The number of hydrogen-bond acceptors (Lipinski definition) is 12. The van der Waals surface area contributed by atoms with Crippen molar-refractivity contribution in [3.05, 3.63) is 43.9 Å². The van der Waals surface area contributed by atoms with E-state index in [2.05, 4.69) is 30.2 Å². The molecule has 0 spiro atoms. The summed E-state index contributed by atoms with van der Waals surface area (Å²) in [5.74, 6) is 0. The first-order chi connectivity index (χ1) is 21.6. The van der Waals surface area contributed by atoms with Crippen LogP contribution in [0, 0.1) is 39.0 Å². The lowest BCUT2D eigenvalue weighted by molar-refractivity contribution is 0.106. The van der Waals surface area contributed by atoms with Crippen LogP contribution < -0.4 is 5.73 Å². The monoisotopic (exact) mass is 713 g/mol. The lowest BCUT2D eigenvalue weighted by Gasteiger charge is -2.03. The van der Waals surface area contributed by atoms with E-state index in [0.717, 1.165) is 69.5 Å². The maximum atomic E-state index is 13.7. The van der Waals surface area contributed by atoms with Crippen LogP contribution in [0.4, 0.5) is 0 Å². The number of rotatable bonds is 11. The molecular weight excluding hydrogens is 683 g/mol. The van der Waals surface area contributed by atoms with Gasteiger partial charge in [0.2, 0.25) is 9.84 Å². The third-order valence-electron chi connectivity index (χ3n) is 8.34. The van der Waals surface area contributed by atoms with Crippen LogP contribution in [0.15, 0.2) is 16.0 Å². The third kappa shape index (κ3) is 5.03. The van der Waals surface area contributed by atoms with Crippen LogP contribution in [0.3, 0.4) is 0 Å². The lowest BCUT2D eigenvalue weighted by atomic mass is 10.2. The van der Waals surface area contributed by atoms with E-state index >= 15 is 0 Å². The highest BCUT2D eigenvalue weighted by atomic mass is 32.2. The van der Waals surface area contributed by atoms with E-state index in [4.69, 9.17) is 10.5 Å². The average molecular weight is 714 g/mol. The lowest BCUT2D eigenvalue weighted by Crippen LogP contribution is -2.00. The van der Waals surface area contributed by atoms with Crippen molar-refractivity contribution in [2.24, 2.45) is 5.73 Å². The van der Waals surface area contributed by atoms with Crippen molar-refractivity contribution < 1.29 is 13.2 Å². The van der Waals surface area contributed by atoms with Crippen molar-refractivity contribution in [2.45, 2.75) is 82.9 Å². The molecule has 0 bridgehead atoms. The Morgan fingerprint density at radius 3 is 2.27 bits per heavy atom. The van der Waals surface area contributed by atoms with Crippen molar-refractivity contribution in [1.82, 2.24) is 15.0 Å². The molecule has 0 amide bonds. The van der Waals surface area contributed by atoms with E-state index in [1.807, 2.05) is 29.1 Å². The standard InChI is InChI=1S/C31H31N5O3S6/c1-15-21(14-39-13-19-12-36(35-34-19)10-8-6-5-7-9-32)41-26-22(15)42-24-17(3)23(43-27(24)26)25-18(4)31-29(44-25)28-30(45(31,37)38)16(2)20(11-33)40-28/h12H,5-10,13-14,32H2,1-4H3. The van der Waals surface area contributed by atoms with Crippen molar-refractivity contribution >= 4 is 85.3 Å². The van der Waals surface area contributed by atoms with E-state index in [9.17, 15) is 13.7 Å². The molecule has 0 saturated heterocycles. The maximum Gasteiger partial charge on any atom is 0.210 e.